The fourth-order valence-corrected chi connectivity index (χ4v) is 2.91. The van der Waals surface area contributed by atoms with Crippen LogP contribution in [0.25, 0.3) is 0 Å². The molecule has 5 nitrogen and oxygen atoms in total. The first-order chi connectivity index (χ1) is 11.5. The molecule has 7 heteroatoms. The van der Waals surface area contributed by atoms with Gasteiger partial charge < -0.3 is 19.9 Å². The highest BCUT2D eigenvalue weighted by molar-refractivity contribution is 9.10. The zero-order valence-electron chi connectivity index (χ0n) is 13.2. The molecule has 0 aliphatic heterocycles. The predicted molar refractivity (Wildman–Crippen MR) is 97.6 cm³/mol. The highest BCUT2D eigenvalue weighted by atomic mass is 79.9. The molecule has 0 aliphatic carbocycles. The summed E-state index contributed by atoms with van der Waals surface area (Å²) in [6.07, 6.45) is 0. The molecular formula is C17H17BrClNO4. The molecule has 0 aliphatic rings. The zero-order chi connectivity index (χ0) is 17.7. The maximum atomic E-state index is 11.0. The molecule has 0 spiro atoms. The number of aromatic carboxylic acids is 1. The van der Waals surface area contributed by atoms with E-state index in [0.717, 1.165) is 10.0 Å². The van der Waals surface area contributed by atoms with Crippen molar-refractivity contribution in [1.29, 1.82) is 0 Å². The number of rotatable bonds is 7. The molecule has 2 N–H and O–H groups in total. The van der Waals surface area contributed by atoms with Crippen LogP contribution in [0, 0.1) is 0 Å². The number of carboxylic acid groups (broad SMARTS) is 1. The summed E-state index contributed by atoms with van der Waals surface area (Å²) in [5.74, 6) is 0.256. The molecule has 2 aromatic carbocycles. The van der Waals surface area contributed by atoms with Gasteiger partial charge >= 0.3 is 5.97 Å². The summed E-state index contributed by atoms with van der Waals surface area (Å²) in [5.41, 5.74) is 1.68. The number of anilines is 1. The second kappa shape index (κ2) is 8.26. The van der Waals surface area contributed by atoms with Crippen LogP contribution in [0.1, 0.15) is 22.8 Å². The van der Waals surface area contributed by atoms with Crippen LogP contribution in [-0.2, 0) is 6.54 Å². The van der Waals surface area contributed by atoms with Crippen molar-refractivity contribution in [3.05, 3.63) is 51.0 Å². The third-order valence-corrected chi connectivity index (χ3v) is 4.40. The Balaban J connectivity index is 2.25. The summed E-state index contributed by atoms with van der Waals surface area (Å²) in [4.78, 5) is 11.0. The quantitative estimate of drug-likeness (QED) is 0.680. The summed E-state index contributed by atoms with van der Waals surface area (Å²) >= 11 is 9.51. The minimum atomic E-state index is -1.05. The van der Waals surface area contributed by atoms with Gasteiger partial charge in [-0.2, -0.15) is 0 Å². The lowest BCUT2D eigenvalue weighted by Gasteiger charge is -2.17. The summed E-state index contributed by atoms with van der Waals surface area (Å²) in [5, 5.41) is 12.4. The number of nitrogens with one attached hydrogen (secondary N) is 1. The summed E-state index contributed by atoms with van der Waals surface area (Å²) in [6.45, 7) is 2.87. The van der Waals surface area contributed by atoms with Gasteiger partial charge in [0.15, 0.2) is 11.5 Å². The van der Waals surface area contributed by atoms with Gasteiger partial charge in [-0.15, -0.1) is 0 Å². The van der Waals surface area contributed by atoms with E-state index < -0.39 is 5.97 Å². The number of benzene rings is 2. The fourth-order valence-electron chi connectivity index (χ4n) is 2.20. The molecule has 128 valence electrons. The zero-order valence-corrected chi connectivity index (χ0v) is 15.6. The number of carbonyl (C=O) groups is 1. The van der Waals surface area contributed by atoms with E-state index in [1.165, 1.54) is 6.07 Å². The van der Waals surface area contributed by atoms with E-state index in [-0.39, 0.29) is 10.6 Å². The molecule has 0 unspecified atom stereocenters. The van der Waals surface area contributed by atoms with E-state index >= 15 is 0 Å². The first-order valence-electron chi connectivity index (χ1n) is 7.22. The smallest absolute Gasteiger partial charge is 0.337 e. The first-order valence-corrected chi connectivity index (χ1v) is 8.39. The molecule has 0 fully saturated rings. The van der Waals surface area contributed by atoms with Crippen LogP contribution in [0.2, 0.25) is 5.02 Å². The van der Waals surface area contributed by atoms with Crippen molar-refractivity contribution in [2.45, 2.75) is 13.5 Å². The number of methoxy groups -OCH3 is 1. The Labute approximate surface area is 153 Å². The van der Waals surface area contributed by atoms with Gasteiger partial charge in [-0.25, -0.2) is 4.79 Å². The second-order valence-electron chi connectivity index (χ2n) is 4.84. The van der Waals surface area contributed by atoms with Gasteiger partial charge in [-0.1, -0.05) is 27.5 Å². The lowest BCUT2D eigenvalue weighted by molar-refractivity contribution is 0.0697. The largest absolute Gasteiger partial charge is 0.493 e. The van der Waals surface area contributed by atoms with Crippen molar-refractivity contribution >= 4 is 39.2 Å². The maximum absolute atomic E-state index is 11.0. The Kier molecular flexibility index (Phi) is 6.34. The van der Waals surface area contributed by atoms with Gasteiger partial charge in [-0.3, -0.25) is 0 Å². The molecule has 0 bridgehead atoms. The molecule has 0 saturated carbocycles. The molecule has 0 aromatic heterocycles. The van der Waals surface area contributed by atoms with Crippen LogP contribution in [0.4, 0.5) is 5.69 Å². The molecule has 2 aromatic rings. The molecule has 0 heterocycles. The third kappa shape index (κ3) is 4.13. The monoisotopic (exact) mass is 413 g/mol. The summed E-state index contributed by atoms with van der Waals surface area (Å²) in [7, 11) is 1.59. The van der Waals surface area contributed by atoms with E-state index in [1.54, 1.807) is 19.2 Å². The minimum Gasteiger partial charge on any atom is -0.493 e. The Morgan fingerprint density at radius 3 is 2.67 bits per heavy atom. The Morgan fingerprint density at radius 1 is 1.33 bits per heavy atom. The van der Waals surface area contributed by atoms with E-state index in [1.807, 2.05) is 19.1 Å². The summed E-state index contributed by atoms with van der Waals surface area (Å²) in [6, 6.07) is 8.44. The van der Waals surface area contributed by atoms with Gasteiger partial charge in [0.25, 0.3) is 0 Å². The van der Waals surface area contributed by atoms with Crippen LogP contribution >= 0.6 is 27.5 Å². The average Bonchev–Trinajstić information content (AvgIpc) is 2.54. The second-order valence-corrected chi connectivity index (χ2v) is 6.11. The van der Waals surface area contributed by atoms with E-state index in [9.17, 15) is 4.79 Å². The molecule has 24 heavy (non-hydrogen) atoms. The average molecular weight is 415 g/mol. The first kappa shape index (κ1) is 18.4. The maximum Gasteiger partial charge on any atom is 0.337 e. The van der Waals surface area contributed by atoms with Gasteiger partial charge in [0.05, 0.1) is 24.3 Å². The standard InChI is InChI=1S/C17H17BrClNO4/c1-3-24-16-12(13(18)6-7-15(16)23-2)9-20-10-4-5-11(17(21)22)14(19)8-10/h4-8,20H,3,9H2,1-2H3,(H,21,22). The molecule has 0 amide bonds. The third-order valence-electron chi connectivity index (χ3n) is 3.34. The van der Waals surface area contributed by atoms with E-state index in [0.29, 0.717) is 30.3 Å². The van der Waals surface area contributed by atoms with Crippen LogP contribution in [-0.4, -0.2) is 24.8 Å². The van der Waals surface area contributed by atoms with Crippen molar-refractivity contribution in [1.82, 2.24) is 0 Å². The minimum absolute atomic E-state index is 0.0692. The number of carboxylic acids is 1. The molecule has 2 rings (SSSR count). The van der Waals surface area contributed by atoms with Crippen LogP contribution in [0.5, 0.6) is 11.5 Å². The topological polar surface area (TPSA) is 67.8 Å². The molecule has 0 atom stereocenters. The van der Waals surface area contributed by atoms with Gasteiger partial charge in [0.1, 0.15) is 0 Å². The Bertz CT molecular complexity index is 752. The lowest BCUT2D eigenvalue weighted by Crippen LogP contribution is -2.06. The normalized spacial score (nSPS) is 10.3. The lowest BCUT2D eigenvalue weighted by atomic mass is 10.1. The van der Waals surface area contributed by atoms with Crippen LogP contribution < -0.4 is 14.8 Å². The molecule has 0 saturated heterocycles. The molecular weight excluding hydrogens is 398 g/mol. The Morgan fingerprint density at radius 2 is 2.08 bits per heavy atom. The number of halogens is 2. The van der Waals surface area contributed by atoms with E-state index in [4.69, 9.17) is 26.2 Å². The van der Waals surface area contributed by atoms with Crippen molar-refractivity contribution in [2.24, 2.45) is 0 Å². The summed E-state index contributed by atoms with van der Waals surface area (Å²) < 4.78 is 11.9. The number of hydrogen-bond acceptors (Lipinski definition) is 4. The van der Waals surface area contributed by atoms with Gasteiger partial charge in [0, 0.05) is 22.3 Å². The van der Waals surface area contributed by atoms with Crippen molar-refractivity contribution < 1.29 is 19.4 Å². The van der Waals surface area contributed by atoms with E-state index in [2.05, 4.69) is 21.2 Å². The van der Waals surface area contributed by atoms with Crippen molar-refractivity contribution in [3.63, 3.8) is 0 Å². The molecule has 0 radical (unpaired) electrons. The van der Waals surface area contributed by atoms with Crippen LogP contribution in [0.15, 0.2) is 34.8 Å². The number of hydrogen-bond donors (Lipinski definition) is 2. The highest BCUT2D eigenvalue weighted by Crippen LogP contribution is 2.37. The van der Waals surface area contributed by atoms with Crippen molar-refractivity contribution in [2.75, 3.05) is 19.0 Å². The fraction of sp³-hybridized carbons (Fsp3) is 0.235. The highest BCUT2D eigenvalue weighted by Gasteiger charge is 2.15. The van der Waals surface area contributed by atoms with Crippen molar-refractivity contribution in [3.8, 4) is 11.5 Å². The van der Waals surface area contributed by atoms with Gasteiger partial charge in [-0.05, 0) is 37.3 Å². The SMILES string of the molecule is CCOc1c(OC)ccc(Br)c1CNc1ccc(C(=O)O)c(Cl)c1. The Hall–Kier alpha value is -1.92. The predicted octanol–water partition coefficient (Wildman–Crippen LogP) is 4.82. The van der Waals surface area contributed by atoms with Crippen LogP contribution in [0.3, 0.4) is 0 Å². The van der Waals surface area contributed by atoms with Gasteiger partial charge in [0.2, 0.25) is 0 Å². The number of ether oxygens (including phenoxy) is 2.